The van der Waals surface area contributed by atoms with Crippen molar-refractivity contribution in [1.29, 1.82) is 0 Å². The standard InChI is InChI=1S/C9H16O6S2/c1-2-7-16(10,11)15-8-3-5-9(6-4-8)17(12,13)14/h2,8-9H,1,3-7H2,(H,12,13,14). The largest absolute Gasteiger partial charge is 0.285 e. The normalized spacial score (nSPS) is 26.6. The van der Waals surface area contributed by atoms with Crippen molar-refractivity contribution < 1.29 is 25.6 Å². The molecule has 1 aliphatic rings. The molecule has 0 aromatic heterocycles. The minimum atomic E-state index is -4.02. The summed E-state index contributed by atoms with van der Waals surface area (Å²) in [6.45, 7) is 3.31. The first kappa shape index (κ1) is 14.6. The summed E-state index contributed by atoms with van der Waals surface area (Å²) < 4.78 is 58.1. The third-order valence-electron chi connectivity index (χ3n) is 2.65. The zero-order valence-corrected chi connectivity index (χ0v) is 10.9. The van der Waals surface area contributed by atoms with Crippen LogP contribution in [0.3, 0.4) is 0 Å². The SMILES string of the molecule is C=CCS(=O)(=O)OC1CCC(S(=O)(=O)O)CC1. The molecule has 0 aromatic rings. The fourth-order valence-electron chi connectivity index (χ4n) is 1.82. The Morgan fingerprint density at radius 3 is 2.12 bits per heavy atom. The van der Waals surface area contributed by atoms with E-state index in [-0.39, 0.29) is 18.6 Å². The molecule has 1 aliphatic carbocycles. The minimum absolute atomic E-state index is 0.215. The molecular weight excluding hydrogens is 268 g/mol. The maximum absolute atomic E-state index is 11.3. The van der Waals surface area contributed by atoms with E-state index in [2.05, 4.69) is 6.58 Å². The first-order valence-corrected chi connectivity index (χ1v) is 8.31. The summed E-state index contributed by atoms with van der Waals surface area (Å²) in [5.74, 6) is -0.259. The monoisotopic (exact) mass is 284 g/mol. The van der Waals surface area contributed by atoms with Crippen molar-refractivity contribution in [2.45, 2.75) is 37.0 Å². The van der Waals surface area contributed by atoms with E-state index in [0.29, 0.717) is 12.8 Å². The Labute approximate surface area is 102 Å². The summed E-state index contributed by atoms with van der Waals surface area (Å²) in [6, 6.07) is 0. The quantitative estimate of drug-likeness (QED) is 0.454. The Bertz CT molecular complexity index is 456. The van der Waals surface area contributed by atoms with E-state index in [0.717, 1.165) is 0 Å². The van der Waals surface area contributed by atoms with Crippen LogP contribution in [-0.4, -0.2) is 38.5 Å². The van der Waals surface area contributed by atoms with Crippen LogP contribution in [0.15, 0.2) is 12.7 Å². The molecular formula is C9H16O6S2. The molecule has 0 bridgehead atoms. The molecule has 100 valence electrons. The molecule has 0 radical (unpaired) electrons. The van der Waals surface area contributed by atoms with Crippen molar-refractivity contribution in [2.75, 3.05) is 5.75 Å². The van der Waals surface area contributed by atoms with Crippen LogP contribution in [0.1, 0.15) is 25.7 Å². The predicted octanol–water partition coefficient (Wildman–Crippen LogP) is 0.718. The molecule has 0 atom stereocenters. The van der Waals surface area contributed by atoms with Crippen LogP contribution >= 0.6 is 0 Å². The second-order valence-corrected chi connectivity index (χ2v) is 7.36. The lowest BCUT2D eigenvalue weighted by Gasteiger charge is -2.25. The van der Waals surface area contributed by atoms with Crippen molar-refractivity contribution in [3.63, 3.8) is 0 Å². The van der Waals surface area contributed by atoms with Gasteiger partial charge >= 0.3 is 0 Å². The van der Waals surface area contributed by atoms with Gasteiger partial charge < -0.3 is 0 Å². The summed E-state index contributed by atoms with van der Waals surface area (Å²) in [6.07, 6.45) is 1.78. The minimum Gasteiger partial charge on any atom is -0.285 e. The molecule has 1 N–H and O–H groups in total. The molecule has 0 aliphatic heterocycles. The lowest BCUT2D eigenvalue weighted by Crippen LogP contribution is -2.31. The lowest BCUT2D eigenvalue weighted by atomic mass is 9.97. The van der Waals surface area contributed by atoms with Gasteiger partial charge in [-0.25, -0.2) is 0 Å². The van der Waals surface area contributed by atoms with Gasteiger partial charge in [0, 0.05) is 0 Å². The second kappa shape index (κ2) is 5.47. The third kappa shape index (κ3) is 4.74. The second-order valence-electron chi connectivity index (χ2n) is 4.02. The highest BCUT2D eigenvalue weighted by Gasteiger charge is 2.31. The van der Waals surface area contributed by atoms with Crippen molar-refractivity contribution in [3.05, 3.63) is 12.7 Å². The molecule has 6 nitrogen and oxygen atoms in total. The molecule has 0 aromatic carbocycles. The van der Waals surface area contributed by atoms with Crippen LogP contribution in [-0.2, 0) is 24.4 Å². The zero-order chi connectivity index (χ0) is 13.1. The fraction of sp³-hybridized carbons (Fsp3) is 0.778. The molecule has 1 saturated carbocycles. The van der Waals surface area contributed by atoms with E-state index < -0.39 is 31.6 Å². The summed E-state index contributed by atoms with van der Waals surface area (Å²) in [5.41, 5.74) is 0. The fourth-order valence-corrected chi connectivity index (χ4v) is 3.66. The zero-order valence-electron chi connectivity index (χ0n) is 9.28. The van der Waals surface area contributed by atoms with Gasteiger partial charge in [0.15, 0.2) is 0 Å². The average molecular weight is 284 g/mol. The van der Waals surface area contributed by atoms with Crippen LogP contribution in [0.25, 0.3) is 0 Å². The molecule has 1 fully saturated rings. The molecule has 0 spiro atoms. The number of rotatable bonds is 5. The van der Waals surface area contributed by atoms with Gasteiger partial charge in [-0.15, -0.1) is 6.58 Å². The Kier molecular flexibility index (Phi) is 4.70. The molecule has 8 heteroatoms. The van der Waals surface area contributed by atoms with Crippen molar-refractivity contribution in [1.82, 2.24) is 0 Å². The van der Waals surface area contributed by atoms with Crippen LogP contribution < -0.4 is 0 Å². The van der Waals surface area contributed by atoms with Crippen LogP contribution in [0.5, 0.6) is 0 Å². The van der Waals surface area contributed by atoms with E-state index >= 15 is 0 Å². The molecule has 0 unspecified atom stereocenters. The lowest BCUT2D eigenvalue weighted by molar-refractivity contribution is 0.162. The Morgan fingerprint density at radius 2 is 1.71 bits per heavy atom. The predicted molar refractivity (Wildman–Crippen MR) is 62.7 cm³/mol. The molecule has 0 amide bonds. The third-order valence-corrected chi connectivity index (χ3v) is 5.17. The summed E-state index contributed by atoms with van der Waals surface area (Å²) >= 11 is 0. The first-order chi connectivity index (χ1) is 7.74. The Balaban J connectivity index is 2.51. The smallest absolute Gasteiger partial charge is 0.271 e. The topological polar surface area (TPSA) is 97.7 Å². The van der Waals surface area contributed by atoms with Crippen molar-refractivity contribution in [2.24, 2.45) is 0 Å². The maximum Gasteiger partial charge on any atom is 0.271 e. The van der Waals surface area contributed by atoms with Gasteiger partial charge in [-0.1, -0.05) is 6.08 Å². The highest BCUT2D eigenvalue weighted by atomic mass is 32.2. The Hall–Kier alpha value is -0.440. The summed E-state index contributed by atoms with van der Waals surface area (Å²) in [5, 5.41) is -0.801. The molecule has 17 heavy (non-hydrogen) atoms. The van der Waals surface area contributed by atoms with Gasteiger partial charge in [0.25, 0.3) is 20.2 Å². The highest BCUT2D eigenvalue weighted by Crippen LogP contribution is 2.26. The van der Waals surface area contributed by atoms with Crippen molar-refractivity contribution in [3.8, 4) is 0 Å². The van der Waals surface area contributed by atoms with Gasteiger partial charge in [-0.3, -0.25) is 8.74 Å². The van der Waals surface area contributed by atoms with Gasteiger partial charge in [0.05, 0.1) is 17.1 Å². The Morgan fingerprint density at radius 1 is 1.18 bits per heavy atom. The molecule has 0 heterocycles. The number of hydrogen-bond donors (Lipinski definition) is 1. The van der Waals surface area contributed by atoms with Crippen molar-refractivity contribution >= 4 is 20.2 Å². The molecule has 0 saturated heterocycles. The van der Waals surface area contributed by atoms with Gasteiger partial charge in [0.1, 0.15) is 0 Å². The number of hydrogen-bond acceptors (Lipinski definition) is 5. The summed E-state index contributed by atoms with van der Waals surface area (Å²) in [7, 11) is -7.64. The highest BCUT2D eigenvalue weighted by molar-refractivity contribution is 7.87. The van der Waals surface area contributed by atoms with Crippen LogP contribution in [0, 0.1) is 0 Å². The van der Waals surface area contributed by atoms with E-state index in [1.54, 1.807) is 0 Å². The van der Waals surface area contributed by atoms with E-state index in [1.165, 1.54) is 6.08 Å². The van der Waals surface area contributed by atoms with E-state index in [9.17, 15) is 16.8 Å². The van der Waals surface area contributed by atoms with E-state index in [1.807, 2.05) is 0 Å². The van der Waals surface area contributed by atoms with E-state index in [4.69, 9.17) is 8.74 Å². The van der Waals surface area contributed by atoms with Gasteiger partial charge in [0.2, 0.25) is 0 Å². The van der Waals surface area contributed by atoms with Crippen LogP contribution in [0.2, 0.25) is 0 Å². The van der Waals surface area contributed by atoms with Gasteiger partial charge in [-0.2, -0.15) is 16.8 Å². The maximum atomic E-state index is 11.3. The van der Waals surface area contributed by atoms with Crippen LogP contribution in [0.4, 0.5) is 0 Å². The summed E-state index contributed by atoms with van der Waals surface area (Å²) in [4.78, 5) is 0. The van der Waals surface area contributed by atoms with Gasteiger partial charge in [-0.05, 0) is 25.7 Å². The average Bonchev–Trinajstić information content (AvgIpc) is 2.16. The molecule has 1 rings (SSSR count). The first-order valence-electron chi connectivity index (χ1n) is 5.23.